The van der Waals surface area contributed by atoms with Crippen molar-refractivity contribution >= 4 is 5.95 Å². The highest BCUT2D eigenvalue weighted by Gasteiger charge is 2.34. The molecule has 0 amide bonds. The molecule has 0 aliphatic heterocycles. The summed E-state index contributed by atoms with van der Waals surface area (Å²) in [7, 11) is 0. The predicted octanol–water partition coefficient (Wildman–Crippen LogP) is 3.19. The zero-order valence-electron chi connectivity index (χ0n) is 9.45. The molecular weight excluding hydrogens is 247 g/mol. The third kappa shape index (κ3) is 2.61. The van der Waals surface area contributed by atoms with Crippen LogP contribution in [0.2, 0.25) is 0 Å². The van der Waals surface area contributed by atoms with Crippen molar-refractivity contribution in [1.82, 2.24) is 9.97 Å². The molecule has 0 spiro atoms. The SMILES string of the molecule is CCNc1nc(-c2ccco2)cc(C(F)(F)F)n1. The molecule has 0 fully saturated rings. The molecule has 1 N–H and O–H groups in total. The number of alkyl halides is 3. The Balaban J connectivity index is 2.50. The first-order chi connectivity index (χ1) is 8.50. The van der Waals surface area contributed by atoms with Gasteiger partial charge in [0.25, 0.3) is 0 Å². The molecule has 18 heavy (non-hydrogen) atoms. The monoisotopic (exact) mass is 257 g/mol. The molecule has 0 saturated carbocycles. The highest BCUT2D eigenvalue weighted by atomic mass is 19.4. The molecule has 2 rings (SSSR count). The minimum absolute atomic E-state index is 0.0706. The number of anilines is 1. The smallest absolute Gasteiger partial charge is 0.433 e. The van der Waals surface area contributed by atoms with Gasteiger partial charge in [0.2, 0.25) is 5.95 Å². The largest absolute Gasteiger partial charge is 0.463 e. The lowest BCUT2D eigenvalue weighted by atomic mass is 10.2. The molecular formula is C11H10F3N3O. The second-order valence-electron chi connectivity index (χ2n) is 3.47. The highest BCUT2D eigenvalue weighted by Crippen LogP contribution is 2.31. The number of nitrogens with zero attached hydrogens (tertiary/aromatic N) is 2. The zero-order valence-corrected chi connectivity index (χ0v) is 9.45. The maximum atomic E-state index is 12.7. The third-order valence-corrected chi connectivity index (χ3v) is 2.13. The van der Waals surface area contributed by atoms with Crippen LogP contribution >= 0.6 is 0 Å². The maximum absolute atomic E-state index is 12.7. The highest BCUT2D eigenvalue weighted by molar-refractivity contribution is 5.54. The minimum atomic E-state index is -4.52. The van der Waals surface area contributed by atoms with Crippen molar-refractivity contribution in [2.75, 3.05) is 11.9 Å². The van der Waals surface area contributed by atoms with Crippen LogP contribution in [-0.2, 0) is 6.18 Å². The summed E-state index contributed by atoms with van der Waals surface area (Å²) in [6.07, 6.45) is -3.15. The van der Waals surface area contributed by atoms with Crippen molar-refractivity contribution in [3.05, 3.63) is 30.2 Å². The predicted molar refractivity (Wildman–Crippen MR) is 58.9 cm³/mol. The van der Waals surface area contributed by atoms with Crippen LogP contribution < -0.4 is 5.32 Å². The van der Waals surface area contributed by atoms with Crippen LogP contribution in [-0.4, -0.2) is 16.5 Å². The summed E-state index contributed by atoms with van der Waals surface area (Å²) in [6, 6.07) is 3.98. The second kappa shape index (κ2) is 4.67. The molecule has 0 unspecified atom stereocenters. The average Bonchev–Trinajstić information content (AvgIpc) is 2.81. The van der Waals surface area contributed by atoms with Crippen molar-refractivity contribution in [2.24, 2.45) is 0 Å². The van der Waals surface area contributed by atoms with Gasteiger partial charge in [-0.2, -0.15) is 13.2 Å². The van der Waals surface area contributed by atoms with Gasteiger partial charge in [0.05, 0.1) is 6.26 Å². The van der Waals surface area contributed by atoms with E-state index < -0.39 is 11.9 Å². The Morgan fingerprint density at radius 2 is 2.11 bits per heavy atom. The van der Waals surface area contributed by atoms with Crippen LogP contribution in [0.3, 0.4) is 0 Å². The lowest BCUT2D eigenvalue weighted by Crippen LogP contribution is -2.12. The minimum Gasteiger partial charge on any atom is -0.463 e. The Bertz CT molecular complexity index is 523. The van der Waals surface area contributed by atoms with E-state index in [0.717, 1.165) is 6.07 Å². The van der Waals surface area contributed by atoms with Gasteiger partial charge in [-0.25, -0.2) is 9.97 Å². The fourth-order valence-electron chi connectivity index (χ4n) is 1.38. The Kier molecular flexibility index (Phi) is 3.22. The fraction of sp³-hybridized carbons (Fsp3) is 0.273. The van der Waals surface area contributed by atoms with Gasteiger partial charge in [0.15, 0.2) is 11.5 Å². The molecule has 0 atom stereocenters. The number of aromatic nitrogens is 2. The second-order valence-corrected chi connectivity index (χ2v) is 3.47. The van der Waals surface area contributed by atoms with Gasteiger partial charge in [0.1, 0.15) is 5.69 Å². The van der Waals surface area contributed by atoms with E-state index in [1.165, 1.54) is 12.3 Å². The summed E-state index contributed by atoms with van der Waals surface area (Å²) in [6.45, 7) is 2.18. The average molecular weight is 257 g/mol. The summed E-state index contributed by atoms with van der Waals surface area (Å²) in [4.78, 5) is 7.38. The van der Waals surface area contributed by atoms with E-state index in [2.05, 4.69) is 15.3 Å². The first-order valence-electron chi connectivity index (χ1n) is 5.24. The number of hydrogen-bond acceptors (Lipinski definition) is 4. The van der Waals surface area contributed by atoms with E-state index in [9.17, 15) is 13.2 Å². The summed E-state index contributed by atoms with van der Waals surface area (Å²) in [5.41, 5.74) is -0.905. The van der Waals surface area contributed by atoms with Crippen molar-refractivity contribution in [1.29, 1.82) is 0 Å². The first-order valence-corrected chi connectivity index (χ1v) is 5.24. The molecule has 2 heterocycles. The van der Waals surface area contributed by atoms with E-state index in [1.807, 2.05) is 0 Å². The van der Waals surface area contributed by atoms with Gasteiger partial charge in [0, 0.05) is 6.54 Å². The Labute approximate surface area is 101 Å². The van der Waals surface area contributed by atoms with E-state index in [-0.39, 0.29) is 17.4 Å². The van der Waals surface area contributed by atoms with Gasteiger partial charge >= 0.3 is 6.18 Å². The molecule has 0 aromatic carbocycles. The van der Waals surface area contributed by atoms with E-state index in [1.54, 1.807) is 13.0 Å². The summed E-state index contributed by atoms with van der Waals surface area (Å²) < 4.78 is 43.1. The standard InChI is InChI=1S/C11H10F3N3O/c1-2-15-10-16-7(8-4-3-5-18-8)6-9(17-10)11(12,13)14/h3-6H,2H2,1H3,(H,15,16,17). The van der Waals surface area contributed by atoms with Gasteiger partial charge < -0.3 is 9.73 Å². The van der Waals surface area contributed by atoms with Crippen LogP contribution in [0.15, 0.2) is 28.9 Å². The topological polar surface area (TPSA) is 51.0 Å². The Morgan fingerprint density at radius 1 is 1.33 bits per heavy atom. The summed E-state index contributed by atoms with van der Waals surface area (Å²) >= 11 is 0. The molecule has 2 aromatic heterocycles. The van der Waals surface area contributed by atoms with Crippen LogP contribution in [0, 0.1) is 0 Å². The van der Waals surface area contributed by atoms with Gasteiger partial charge in [-0.1, -0.05) is 0 Å². The van der Waals surface area contributed by atoms with Gasteiger partial charge in [-0.3, -0.25) is 0 Å². The van der Waals surface area contributed by atoms with Crippen LogP contribution in [0.1, 0.15) is 12.6 Å². The quantitative estimate of drug-likeness (QED) is 0.917. The molecule has 0 radical (unpaired) electrons. The van der Waals surface area contributed by atoms with E-state index >= 15 is 0 Å². The molecule has 96 valence electrons. The fourth-order valence-corrected chi connectivity index (χ4v) is 1.38. The number of rotatable bonds is 3. The van der Waals surface area contributed by atoms with Crippen molar-refractivity contribution < 1.29 is 17.6 Å². The van der Waals surface area contributed by atoms with Crippen molar-refractivity contribution in [2.45, 2.75) is 13.1 Å². The number of halogens is 3. The third-order valence-electron chi connectivity index (χ3n) is 2.13. The van der Waals surface area contributed by atoms with Crippen LogP contribution in [0.5, 0.6) is 0 Å². The molecule has 0 aliphatic rings. The van der Waals surface area contributed by atoms with Gasteiger partial charge in [-0.15, -0.1) is 0 Å². The van der Waals surface area contributed by atoms with Gasteiger partial charge in [-0.05, 0) is 25.1 Å². The lowest BCUT2D eigenvalue weighted by Gasteiger charge is -2.09. The van der Waals surface area contributed by atoms with Crippen molar-refractivity contribution in [3.63, 3.8) is 0 Å². The number of furan rings is 1. The summed E-state index contributed by atoms with van der Waals surface area (Å²) in [5.74, 6) is 0.195. The van der Waals surface area contributed by atoms with E-state index in [0.29, 0.717) is 6.54 Å². The molecule has 4 nitrogen and oxygen atoms in total. The number of nitrogens with one attached hydrogen (secondary N) is 1. The van der Waals surface area contributed by atoms with Crippen LogP contribution in [0.25, 0.3) is 11.5 Å². The maximum Gasteiger partial charge on any atom is 0.433 e. The Morgan fingerprint density at radius 3 is 2.67 bits per heavy atom. The first kappa shape index (κ1) is 12.4. The normalized spacial score (nSPS) is 11.6. The molecule has 2 aromatic rings. The number of hydrogen-bond donors (Lipinski definition) is 1. The Hall–Kier alpha value is -2.05. The molecule has 7 heteroatoms. The van der Waals surface area contributed by atoms with Crippen molar-refractivity contribution in [3.8, 4) is 11.5 Å². The van der Waals surface area contributed by atoms with Crippen LogP contribution in [0.4, 0.5) is 19.1 Å². The molecule has 0 aliphatic carbocycles. The zero-order chi connectivity index (χ0) is 13.2. The summed E-state index contributed by atoms with van der Waals surface area (Å²) in [5, 5.41) is 2.66. The van der Waals surface area contributed by atoms with E-state index in [4.69, 9.17) is 4.42 Å². The molecule has 0 bridgehead atoms. The lowest BCUT2D eigenvalue weighted by molar-refractivity contribution is -0.141. The molecule has 0 saturated heterocycles.